The Morgan fingerprint density at radius 2 is 1.59 bits per heavy atom. The molecule has 0 aliphatic carbocycles. The van der Waals surface area contributed by atoms with E-state index in [4.69, 9.17) is 0 Å². The van der Waals surface area contributed by atoms with Crippen molar-refractivity contribution in [2.24, 2.45) is 0 Å². The Morgan fingerprint density at radius 3 is 2.24 bits per heavy atom. The van der Waals surface area contributed by atoms with Crippen LogP contribution in [0.1, 0.15) is 17.0 Å². The lowest BCUT2D eigenvalue weighted by molar-refractivity contribution is 0.590. The van der Waals surface area contributed by atoms with Crippen LogP contribution in [0.2, 0.25) is 0 Å². The third-order valence-corrected chi connectivity index (χ3v) is 3.64. The minimum atomic E-state index is -0.118. The normalized spacial score (nSPS) is 12.4. The van der Waals surface area contributed by atoms with E-state index < -0.39 is 0 Å². The molecule has 2 heteroatoms. The van der Waals surface area contributed by atoms with Crippen molar-refractivity contribution in [1.82, 2.24) is 0 Å². The van der Waals surface area contributed by atoms with Crippen molar-refractivity contribution < 1.29 is 4.39 Å². The molecule has 0 fully saturated rings. The van der Waals surface area contributed by atoms with Gasteiger partial charge in [-0.1, -0.05) is 64.5 Å². The Balaban J connectivity index is 2.21. The molecule has 0 heterocycles. The second-order valence-corrected chi connectivity index (χ2v) is 4.71. The van der Waals surface area contributed by atoms with E-state index in [2.05, 4.69) is 28.1 Å². The number of hydrogen-bond donors (Lipinski definition) is 0. The zero-order chi connectivity index (χ0) is 12.1. The molecule has 0 bridgehead atoms. The van der Waals surface area contributed by atoms with E-state index in [0.717, 1.165) is 17.3 Å². The quantitative estimate of drug-likeness (QED) is 0.726. The summed E-state index contributed by atoms with van der Waals surface area (Å²) in [6, 6.07) is 17.2. The number of rotatable bonds is 4. The summed E-state index contributed by atoms with van der Waals surface area (Å²) in [5.41, 5.74) is 2.02. The van der Waals surface area contributed by atoms with Gasteiger partial charge in [-0.3, -0.25) is 0 Å². The van der Waals surface area contributed by atoms with E-state index in [1.807, 2.05) is 30.3 Å². The molecule has 0 saturated heterocycles. The monoisotopic (exact) mass is 292 g/mol. The maximum Gasteiger partial charge on any atom is 0.126 e. The Morgan fingerprint density at radius 1 is 0.941 bits per heavy atom. The Labute approximate surface area is 110 Å². The fraction of sp³-hybridized carbons (Fsp3) is 0.200. The average Bonchev–Trinajstić information content (AvgIpc) is 2.38. The van der Waals surface area contributed by atoms with Crippen molar-refractivity contribution in [3.05, 3.63) is 71.5 Å². The molecule has 0 aliphatic heterocycles. The van der Waals surface area contributed by atoms with Crippen molar-refractivity contribution in [2.75, 3.05) is 5.33 Å². The predicted molar refractivity (Wildman–Crippen MR) is 73.1 cm³/mol. The highest BCUT2D eigenvalue weighted by molar-refractivity contribution is 9.09. The molecule has 1 atom stereocenters. The van der Waals surface area contributed by atoms with Crippen molar-refractivity contribution >= 4 is 15.9 Å². The van der Waals surface area contributed by atoms with Gasteiger partial charge in [0.2, 0.25) is 0 Å². The Bertz CT molecular complexity index is 467. The Hall–Kier alpha value is -1.15. The molecule has 2 aromatic carbocycles. The smallest absolute Gasteiger partial charge is 0.126 e. The van der Waals surface area contributed by atoms with Gasteiger partial charge >= 0.3 is 0 Å². The summed E-state index contributed by atoms with van der Waals surface area (Å²) >= 11 is 3.48. The van der Waals surface area contributed by atoms with Crippen LogP contribution in [-0.2, 0) is 6.42 Å². The lowest BCUT2D eigenvalue weighted by atomic mass is 9.93. The van der Waals surface area contributed by atoms with E-state index in [0.29, 0.717) is 0 Å². The summed E-state index contributed by atoms with van der Waals surface area (Å²) in [6.45, 7) is 0. The van der Waals surface area contributed by atoms with E-state index in [9.17, 15) is 4.39 Å². The number of hydrogen-bond acceptors (Lipinski definition) is 0. The topological polar surface area (TPSA) is 0 Å². The highest BCUT2D eigenvalue weighted by atomic mass is 79.9. The van der Waals surface area contributed by atoms with Crippen LogP contribution < -0.4 is 0 Å². The maximum atomic E-state index is 13.7. The molecule has 0 amide bonds. The lowest BCUT2D eigenvalue weighted by Gasteiger charge is -2.15. The van der Waals surface area contributed by atoms with E-state index in [1.165, 1.54) is 11.6 Å². The van der Waals surface area contributed by atoms with Crippen LogP contribution in [0.3, 0.4) is 0 Å². The van der Waals surface area contributed by atoms with Crippen LogP contribution in [-0.4, -0.2) is 5.33 Å². The molecule has 0 radical (unpaired) electrons. The highest BCUT2D eigenvalue weighted by Gasteiger charge is 2.14. The molecule has 0 nitrogen and oxygen atoms in total. The molecule has 0 aromatic heterocycles. The Kier molecular flexibility index (Phi) is 4.32. The largest absolute Gasteiger partial charge is 0.207 e. The first-order valence-electron chi connectivity index (χ1n) is 5.65. The van der Waals surface area contributed by atoms with Gasteiger partial charge in [0, 0.05) is 11.2 Å². The third-order valence-electron chi connectivity index (χ3n) is 2.86. The summed E-state index contributed by atoms with van der Waals surface area (Å²) in [6.07, 6.45) is 0.854. The molecule has 0 aliphatic rings. The van der Waals surface area contributed by atoms with Crippen LogP contribution in [0.15, 0.2) is 54.6 Å². The van der Waals surface area contributed by atoms with Crippen LogP contribution >= 0.6 is 15.9 Å². The van der Waals surface area contributed by atoms with Crippen molar-refractivity contribution in [1.29, 1.82) is 0 Å². The standard InChI is InChI=1S/C15H14BrF/c16-11-13(10-12-6-2-1-3-7-12)14-8-4-5-9-15(14)17/h1-9,13H,10-11H2. The molecule has 17 heavy (non-hydrogen) atoms. The van der Waals surface area contributed by atoms with Gasteiger partial charge in [-0.25, -0.2) is 4.39 Å². The summed E-state index contributed by atoms with van der Waals surface area (Å²) in [7, 11) is 0. The van der Waals surface area contributed by atoms with E-state index in [-0.39, 0.29) is 11.7 Å². The molecule has 0 spiro atoms. The third kappa shape index (κ3) is 3.16. The van der Waals surface area contributed by atoms with Crippen LogP contribution in [0.5, 0.6) is 0 Å². The molecular weight excluding hydrogens is 279 g/mol. The number of alkyl halides is 1. The van der Waals surface area contributed by atoms with Crippen molar-refractivity contribution in [2.45, 2.75) is 12.3 Å². The fourth-order valence-corrected chi connectivity index (χ4v) is 2.53. The first kappa shape index (κ1) is 12.3. The molecular formula is C15H14BrF. The van der Waals surface area contributed by atoms with Crippen molar-refractivity contribution in [3.63, 3.8) is 0 Å². The summed E-state index contributed by atoms with van der Waals surface area (Å²) < 4.78 is 13.7. The summed E-state index contributed by atoms with van der Waals surface area (Å²) in [4.78, 5) is 0. The van der Waals surface area contributed by atoms with Gasteiger partial charge in [0.15, 0.2) is 0 Å². The van der Waals surface area contributed by atoms with Gasteiger partial charge in [-0.05, 0) is 23.6 Å². The van der Waals surface area contributed by atoms with Gasteiger partial charge in [0.25, 0.3) is 0 Å². The minimum absolute atomic E-state index is 0.118. The maximum absolute atomic E-state index is 13.7. The molecule has 2 aromatic rings. The fourth-order valence-electron chi connectivity index (χ4n) is 1.95. The number of halogens is 2. The SMILES string of the molecule is Fc1ccccc1C(CBr)Cc1ccccc1. The molecule has 88 valence electrons. The van der Waals surface area contributed by atoms with Gasteiger partial charge in [-0.15, -0.1) is 0 Å². The lowest BCUT2D eigenvalue weighted by Crippen LogP contribution is -2.06. The average molecular weight is 293 g/mol. The second-order valence-electron chi connectivity index (χ2n) is 4.06. The van der Waals surface area contributed by atoms with Gasteiger partial charge in [0.05, 0.1) is 0 Å². The van der Waals surface area contributed by atoms with Gasteiger partial charge in [-0.2, -0.15) is 0 Å². The summed E-state index contributed by atoms with van der Waals surface area (Å²) in [5.74, 6) is 0.0616. The minimum Gasteiger partial charge on any atom is -0.207 e. The summed E-state index contributed by atoms with van der Waals surface area (Å²) in [5, 5.41) is 0.767. The van der Waals surface area contributed by atoms with Gasteiger partial charge in [0.1, 0.15) is 5.82 Å². The van der Waals surface area contributed by atoms with Gasteiger partial charge < -0.3 is 0 Å². The molecule has 1 unspecified atom stereocenters. The first-order chi connectivity index (χ1) is 8.31. The van der Waals surface area contributed by atoms with Crippen molar-refractivity contribution in [3.8, 4) is 0 Å². The predicted octanol–water partition coefficient (Wildman–Crippen LogP) is 4.55. The molecule has 0 saturated carbocycles. The highest BCUT2D eigenvalue weighted by Crippen LogP contribution is 2.25. The number of benzene rings is 2. The first-order valence-corrected chi connectivity index (χ1v) is 6.77. The van der Waals surface area contributed by atoms with Crippen LogP contribution in [0, 0.1) is 5.82 Å². The van der Waals surface area contributed by atoms with E-state index in [1.54, 1.807) is 6.07 Å². The molecule has 0 N–H and O–H groups in total. The van der Waals surface area contributed by atoms with E-state index >= 15 is 0 Å². The zero-order valence-electron chi connectivity index (χ0n) is 9.44. The van der Waals surface area contributed by atoms with Crippen LogP contribution in [0.25, 0.3) is 0 Å². The molecule has 2 rings (SSSR count). The zero-order valence-corrected chi connectivity index (χ0v) is 11.0. The van der Waals surface area contributed by atoms with Crippen LogP contribution in [0.4, 0.5) is 4.39 Å². The second kappa shape index (κ2) is 5.97.